The summed E-state index contributed by atoms with van der Waals surface area (Å²) in [7, 11) is 0. The molecule has 7 nitrogen and oxygen atoms in total. The summed E-state index contributed by atoms with van der Waals surface area (Å²) in [5.74, 6) is 0.902. The van der Waals surface area contributed by atoms with E-state index in [1.807, 2.05) is 27.7 Å². The zero-order chi connectivity index (χ0) is 19.0. The molecule has 7 heteroatoms. The zero-order valence-corrected chi connectivity index (χ0v) is 15.8. The van der Waals surface area contributed by atoms with Crippen LogP contribution in [0.1, 0.15) is 40.5 Å². The molecule has 6 N–H and O–H groups in total. The quantitative estimate of drug-likeness (QED) is 0.397. The Balaban J connectivity index is 2.45. The Kier molecular flexibility index (Phi) is 8.31. The van der Waals surface area contributed by atoms with Crippen molar-refractivity contribution < 1.29 is 9.59 Å². The number of rotatable bonds is 7. The third kappa shape index (κ3) is 7.49. The molecule has 1 heterocycles. The predicted molar refractivity (Wildman–Crippen MR) is 100.0 cm³/mol. The lowest BCUT2D eigenvalue weighted by Gasteiger charge is -2.33. The van der Waals surface area contributed by atoms with Crippen molar-refractivity contribution in [1.82, 2.24) is 15.5 Å². The number of carbonyl (C=O) groups excluding carboxylic acids is 2. The molecule has 0 spiro atoms. The summed E-state index contributed by atoms with van der Waals surface area (Å²) < 4.78 is 0. The largest absolute Gasteiger partial charge is 0.394 e. The van der Waals surface area contributed by atoms with E-state index in [-0.39, 0.29) is 29.5 Å². The van der Waals surface area contributed by atoms with Crippen molar-refractivity contribution in [3.63, 3.8) is 0 Å². The van der Waals surface area contributed by atoms with E-state index in [1.165, 1.54) is 0 Å². The highest BCUT2D eigenvalue weighted by Crippen LogP contribution is 2.18. The minimum atomic E-state index is -0.293. The van der Waals surface area contributed by atoms with Crippen molar-refractivity contribution in [3.05, 3.63) is 23.7 Å². The van der Waals surface area contributed by atoms with Gasteiger partial charge in [0.1, 0.15) is 0 Å². The molecule has 0 saturated carbocycles. The fourth-order valence-corrected chi connectivity index (χ4v) is 2.55. The van der Waals surface area contributed by atoms with E-state index < -0.39 is 0 Å². The minimum absolute atomic E-state index is 0.0174. The van der Waals surface area contributed by atoms with Gasteiger partial charge in [-0.2, -0.15) is 0 Å². The van der Waals surface area contributed by atoms with Crippen molar-refractivity contribution in [2.75, 3.05) is 19.6 Å². The molecule has 0 unspecified atom stereocenters. The Bertz CT molecular complexity index is 518. The van der Waals surface area contributed by atoms with Crippen molar-refractivity contribution >= 4 is 11.8 Å². The van der Waals surface area contributed by atoms with Crippen molar-refractivity contribution in [1.29, 1.82) is 0 Å². The first-order chi connectivity index (χ1) is 11.7. The van der Waals surface area contributed by atoms with Gasteiger partial charge in [0.25, 0.3) is 5.91 Å². The molecular weight excluding hydrogens is 318 g/mol. The molecule has 0 aromatic carbocycles. The Hall–Kier alpha value is -2.18. The Morgan fingerprint density at radius 3 is 2.24 bits per heavy atom. The van der Waals surface area contributed by atoms with E-state index in [1.54, 1.807) is 12.2 Å². The van der Waals surface area contributed by atoms with Crippen LogP contribution in [0.2, 0.25) is 0 Å². The highest BCUT2D eigenvalue weighted by Gasteiger charge is 2.20. The number of hydrogen-bond donors (Lipinski definition) is 4. The van der Waals surface area contributed by atoms with Gasteiger partial charge in [-0.05, 0) is 44.8 Å². The molecule has 25 heavy (non-hydrogen) atoms. The second-order valence-electron chi connectivity index (χ2n) is 7.17. The zero-order valence-electron chi connectivity index (χ0n) is 15.8. The van der Waals surface area contributed by atoms with Crippen molar-refractivity contribution in [2.45, 2.75) is 46.6 Å². The van der Waals surface area contributed by atoms with E-state index in [0.717, 1.165) is 32.5 Å². The van der Waals surface area contributed by atoms with E-state index in [4.69, 9.17) is 11.5 Å². The smallest absolute Gasteiger partial charge is 0.267 e. The maximum Gasteiger partial charge on any atom is 0.267 e. The lowest BCUT2D eigenvalue weighted by Crippen LogP contribution is -2.40. The van der Waals surface area contributed by atoms with Crippen LogP contribution in [-0.2, 0) is 9.59 Å². The molecule has 1 rings (SSSR count). The first-order valence-electron chi connectivity index (χ1n) is 8.97. The average molecular weight is 351 g/mol. The fourth-order valence-electron chi connectivity index (χ4n) is 2.55. The molecule has 1 fully saturated rings. The van der Waals surface area contributed by atoms with Gasteiger partial charge in [0.15, 0.2) is 0 Å². The van der Waals surface area contributed by atoms with Gasteiger partial charge in [0.05, 0.1) is 11.5 Å². The van der Waals surface area contributed by atoms with Gasteiger partial charge in [0, 0.05) is 31.6 Å². The van der Waals surface area contributed by atoms with Crippen LogP contribution in [0, 0.1) is 11.8 Å². The number of likely N-dealkylation sites (tertiary alicyclic amines) is 1. The number of allylic oxidation sites excluding steroid dienone is 2. The molecule has 2 amide bonds. The minimum Gasteiger partial charge on any atom is -0.394 e. The topological polar surface area (TPSA) is 113 Å². The Labute approximate surface area is 150 Å². The van der Waals surface area contributed by atoms with Crippen LogP contribution in [0.3, 0.4) is 0 Å². The van der Waals surface area contributed by atoms with Crippen molar-refractivity contribution in [3.8, 4) is 0 Å². The third-order valence-corrected chi connectivity index (χ3v) is 4.18. The van der Waals surface area contributed by atoms with E-state index >= 15 is 0 Å². The Morgan fingerprint density at radius 1 is 1.12 bits per heavy atom. The molecule has 0 aliphatic carbocycles. The first-order valence-corrected chi connectivity index (χ1v) is 8.97. The number of amides is 2. The van der Waals surface area contributed by atoms with Crippen LogP contribution < -0.4 is 22.1 Å². The molecular formula is C18H33N5O2. The molecule has 0 aromatic rings. The summed E-state index contributed by atoms with van der Waals surface area (Å²) in [6.45, 7) is 9.92. The molecule has 0 aromatic heterocycles. The van der Waals surface area contributed by atoms with Crippen LogP contribution in [0.15, 0.2) is 23.7 Å². The number of carbonyl (C=O) groups is 2. The molecule has 0 bridgehead atoms. The van der Waals surface area contributed by atoms with Crippen LogP contribution in [-0.4, -0.2) is 42.4 Å². The fraction of sp³-hybridized carbons (Fsp3) is 0.667. The maximum absolute atomic E-state index is 11.7. The highest BCUT2D eigenvalue weighted by atomic mass is 16.2. The lowest BCUT2D eigenvalue weighted by molar-refractivity contribution is -0.124. The molecule has 1 aliphatic rings. The molecule has 0 radical (unpaired) electrons. The summed E-state index contributed by atoms with van der Waals surface area (Å²) in [6.07, 6.45) is 5.16. The second-order valence-corrected chi connectivity index (χ2v) is 7.17. The average Bonchev–Trinajstić information content (AvgIpc) is 2.56. The molecule has 1 aliphatic heterocycles. The highest BCUT2D eigenvalue weighted by molar-refractivity contribution is 5.92. The number of nitrogens with one attached hydrogen (secondary N) is 2. The van der Waals surface area contributed by atoms with Gasteiger partial charge in [-0.3, -0.25) is 9.59 Å². The van der Waals surface area contributed by atoms with Crippen LogP contribution >= 0.6 is 0 Å². The summed E-state index contributed by atoms with van der Waals surface area (Å²) in [4.78, 5) is 25.4. The number of piperidine rings is 1. The van der Waals surface area contributed by atoms with Crippen LogP contribution in [0.25, 0.3) is 0 Å². The number of nitrogens with two attached hydrogens (primary N) is 2. The maximum atomic E-state index is 11.7. The predicted octanol–water partition coefficient (Wildman–Crippen LogP) is 0.638. The number of nitrogens with zero attached hydrogens (tertiary/aromatic N) is 1. The van der Waals surface area contributed by atoms with Gasteiger partial charge in [-0.1, -0.05) is 13.8 Å². The number of hydrogen-bond acceptors (Lipinski definition) is 5. The SMILES string of the molecule is CC(C)NC(=O)/C(N)=C/C=C(\N)N1CCC(CNC(=O)C(C)C)CC1. The van der Waals surface area contributed by atoms with Gasteiger partial charge < -0.3 is 27.0 Å². The van der Waals surface area contributed by atoms with E-state index in [2.05, 4.69) is 15.5 Å². The molecule has 142 valence electrons. The van der Waals surface area contributed by atoms with Crippen LogP contribution in [0.4, 0.5) is 0 Å². The normalized spacial score (nSPS) is 17.1. The summed E-state index contributed by atoms with van der Waals surface area (Å²) in [6, 6.07) is 0.0380. The second kappa shape index (κ2) is 9.96. The monoisotopic (exact) mass is 351 g/mol. The van der Waals surface area contributed by atoms with E-state index in [0.29, 0.717) is 11.7 Å². The summed E-state index contributed by atoms with van der Waals surface area (Å²) in [5.41, 5.74) is 12.0. The van der Waals surface area contributed by atoms with Gasteiger partial charge >= 0.3 is 0 Å². The van der Waals surface area contributed by atoms with Gasteiger partial charge in [-0.25, -0.2) is 0 Å². The first kappa shape index (κ1) is 20.9. The van der Waals surface area contributed by atoms with Crippen LogP contribution in [0.5, 0.6) is 0 Å². The van der Waals surface area contributed by atoms with Gasteiger partial charge in [-0.15, -0.1) is 0 Å². The third-order valence-electron chi connectivity index (χ3n) is 4.18. The summed E-state index contributed by atoms with van der Waals surface area (Å²) in [5, 5.41) is 5.72. The van der Waals surface area contributed by atoms with Crippen molar-refractivity contribution in [2.24, 2.45) is 23.3 Å². The molecule has 1 saturated heterocycles. The van der Waals surface area contributed by atoms with E-state index in [9.17, 15) is 9.59 Å². The lowest BCUT2D eigenvalue weighted by atomic mass is 9.96. The molecule has 0 atom stereocenters. The van der Waals surface area contributed by atoms with Gasteiger partial charge in [0.2, 0.25) is 5.91 Å². The Morgan fingerprint density at radius 2 is 1.72 bits per heavy atom. The standard InChI is InChI=1S/C18H33N5O2/c1-12(2)17(24)21-11-14-7-9-23(10-8-14)16(20)6-5-15(19)18(25)22-13(3)4/h5-6,12-14H,7-11,19-20H2,1-4H3,(H,21,24)(H,22,25)/b15-5-,16-6+. The summed E-state index contributed by atoms with van der Waals surface area (Å²) >= 11 is 0.